The second-order valence-electron chi connectivity index (χ2n) is 13.2. The Labute approximate surface area is 306 Å². The molecule has 0 amide bonds. The van der Waals surface area contributed by atoms with Crippen LogP contribution in [0.15, 0.2) is 192 Å². The van der Waals surface area contributed by atoms with Gasteiger partial charge in [0.25, 0.3) is 0 Å². The van der Waals surface area contributed by atoms with Gasteiger partial charge in [-0.2, -0.15) is 0 Å². The smallest absolute Gasteiger partial charge is 0.164 e. The number of benzene rings is 8. The quantitative estimate of drug-likeness (QED) is 0.176. The third-order valence-electron chi connectivity index (χ3n) is 9.96. The lowest BCUT2D eigenvalue weighted by atomic mass is 9.94. The SMILES string of the molecule is c1ccc(-c2nc(-c3ccc(-c4ccc5ccccc5c4)cc3)nc(-c3ccc(-c4ccc(-c5ccccc5)c5c4oc4ccccc45)cc3)n2)cc1. The number of fused-ring (bicyclic) bond motifs is 4. The Morgan fingerprint density at radius 3 is 1.47 bits per heavy atom. The maximum Gasteiger partial charge on any atom is 0.164 e. The molecule has 8 aromatic carbocycles. The number of hydrogen-bond donors (Lipinski definition) is 0. The minimum atomic E-state index is 0.618. The molecule has 53 heavy (non-hydrogen) atoms. The van der Waals surface area contributed by atoms with Gasteiger partial charge in [0.15, 0.2) is 17.5 Å². The Kier molecular flexibility index (Phi) is 7.43. The molecule has 2 aromatic heterocycles. The summed E-state index contributed by atoms with van der Waals surface area (Å²) in [7, 11) is 0. The van der Waals surface area contributed by atoms with Gasteiger partial charge in [0, 0.05) is 33.0 Å². The van der Waals surface area contributed by atoms with E-state index in [0.717, 1.165) is 66.4 Å². The summed E-state index contributed by atoms with van der Waals surface area (Å²) >= 11 is 0. The van der Waals surface area contributed by atoms with Crippen molar-refractivity contribution >= 4 is 32.7 Å². The fraction of sp³-hybridized carbons (Fsp3) is 0. The van der Waals surface area contributed by atoms with Crippen molar-refractivity contribution in [3.05, 3.63) is 188 Å². The van der Waals surface area contributed by atoms with E-state index in [9.17, 15) is 0 Å². The predicted molar refractivity (Wildman–Crippen MR) is 217 cm³/mol. The van der Waals surface area contributed by atoms with Gasteiger partial charge in [-0.25, -0.2) is 15.0 Å². The van der Waals surface area contributed by atoms with Crippen LogP contribution in [-0.2, 0) is 0 Å². The minimum Gasteiger partial charge on any atom is -0.455 e. The van der Waals surface area contributed by atoms with Crippen LogP contribution in [0.2, 0.25) is 0 Å². The Hall–Kier alpha value is -7.17. The van der Waals surface area contributed by atoms with Gasteiger partial charge in [-0.05, 0) is 56.8 Å². The summed E-state index contributed by atoms with van der Waals surface area (Å²) in [4.78, 5) is 15.0. The van der Waals surface area contributed by atoms with Crippen LogP contribution in [-0.4, -0.2) is 15.0 Å². The molecule has 0 saturated heterocycles. The Morgan fingerprint density at radius 2 is 0.792 bits per heavy atom. The standard InChI is InChI=1S/C49H31N3O/c1-3-12-34(13-4-1)41-29-30-42(46-45(41)43-17-9-10-18-44(43)53-46)35-22-26-38(27-23-35)49-51-47(36-14-5-2-6-15-36)50-48(52-49)37-24-19-33(20-25-37)40-28-21-32-11-7-8-16-39(32)31-40/h1-31H. The molecular weight excluding hydrogens is 647 g/mol. The van der Waals surface area contributed by atoms with Crippen LogP contribution in [0, 0.1) is 0 Å². The third-order valence-corrected chi connectivity index (χ3v) is 9.96. The maximum atomic E-state index is 6.57. The van der Waals surface area contributed by atoms with Crippen LogP contribution in [0.1, 0.15) is 0 Å². The van der Waals surface area contributed by atoms with Crippen molar-refractivity contribution in [2.45, 2.75) is 0 Å². The molecule has 248 valence electrons. The van der Waals surface area contributed by atoms with Crippen molar-refractivity contribution in [2.75, 3.05) is 0 Å². The zero-order chi connectivity index (χ0) is 35.1. The summed E-state index contributed by atoms with van der Waals surface area (Å²) in [5, 5.41) is 4.68. The molecular formula is C49H31N3O. The first kappa shape index (κ1) is 30.6. The van der Waals surface area contributed by atoms with Gasteiger partial charge in [0.1, 0.15) is 11.2 Å². The van der Waals surface area contributed by atoms with Crippen molar-refractivity contribution in [3.63, 3.8) is 0 Å². The van der Waals surface area contributed by atoms with Crippen molar-refractivity contribution in [2.24, 2.45) is 0 Å². The molecule has 0 radical (unpaired) electrons. The fourth-order valence-corrected chi connectivity index (χ4v) is 7.24. The normalized spacial score (nSPS) is 11.4. The van der Waals surface area contributed by atoms with Gasteiger partial charge in [0.05, 0.1) is 0 Å². The molecule has 0 bridgehead atoms. The lowest BCUT2D eigenvalue weighted by Crippen LogP contribution is -2.00. The first-order valence-corrected chi connectivity index (χ1v) is 17.8. The molecule has 4 nitrogen and oxygen atoms in total. The number of para-hydroxylation sites is 1. The molecule has 0 N–H and O–H groups in total. The Bertz CT molecular complexity index is 2910. The molecule has 0 aliphatic carbocycles. The van der Waals surface area contributed by atoms with Crippen LogP contribution in [0.25, 0.3) is 100 Å². The number of aromatic nitrogens is 3. The van der Waals surface area contributed by atoms with Gasteiger partial charge in [-0.15, -0.1) is 0 Å². The maximum absolute atomic E-state index is 6.57. The van der Waals surface area contributed by atoms with Gasteiger partial charge in [0.2, 0.25) is 0 Å². The van der Waals surface area contributed by atoms with E-state index in [1.54, 1.807) is 0 Å². The molecule has 10 aromatic rings. The van der Waals surface area contributed by atoms with Crippen molar-refractivity contribution in [3.8, 4) is 67.5 Å². The van der Waals surface area contributed by atoms with Gasteiger partial charge >= 0.3 is 0 Å². The molecule has 2 heterocycles. The van der Waals surface area contributed by atoms with Crippen LogP contribution in [0.4, 0.5) is 0 Å². The highest BCUT2D eigenvalue weighted by molar-refractivity contribution is 6.16. The van der Waals surface area contributed by atoms with E-state index in [4.69, 9.17) is 19.4 Å². The number of furan rings is 1. The number of rotatable bonds is 6. The first-order chi connectivity index (χ1) is 26.2. The third kappa shape index (κ3) is 5.63. The number of nitrogens with zero attached hydrogens (tertiary/aromatic N) is 3. The van der Waals surface area contributed by atoms with E-state index < -0.39 is 0 Å². The largest absolute Gasteiger partial charge is 0.455 e. The molecule has 0 aliphatic heterocycles. The minimum absolute atomic E-state index is 0.618. The van der Waals surface area contributed by atoms with Gasteiger partial charge in [-0.1, -0.05) is 170 Å². The molecule has 0 aliphatic rings. The molecule has 0 unspecified atom stereocenters. The van der Waals surface area contributed by atoms with Gasteiger partial charge < -0.3 is 4.42 Å². The molecule has 0 fully saturated rings. The monoisotopic (exact) mass is 677 g/mol. The lowest BCUT2D eigenvalue weighted by molar-refractivity contribution is 0.670. The second-order valence-corrected chi connectivity index (χ2v) is 13.2. The summed E-state index contributed by atoms with van der Waals surface area (Å²) in [6, 6.07) is 65.2. The van der Waals surface area contributed by atoms with Crippen molar-refractivity contribution in [1.82, 2.24) is 15.0 Å². The average Bonchev–Trinajstić information content (AvgIpc) is 3.64. The molecule has 4 heteroatoms. The fourth-order valence-electron chi connectivity index (χ4n) is 7.24. The van der Waals surface area contributed by atoms with Crippen LogP contribution >= 0.6 is 0 Å². The highest BCUT2D eigenvalue weighted by Gasteiger charge is 2.18. The molecule has 0 atom stereocenters. The first-order valence-electron chi connectivity index (χ1n) is 17.8. The van der Waals surface area contributed by atoms with Crippen molar-refractivity contribution < 1.29 is 4.42 Å². The Balaban J connectivity index is 1.04. The summed E-state index contributed by atoms with van der Waals surface area (Å²) < 4.78 is 6.57. The Morgan fingerprint density at radius 1 is 0.321 bits per heavy atom. The van der Waals surface area contributed by atoms with Crippen LogP contribution in [0.5, 0.6) is 0 Å². The highest BCUT2D eigenvalue weighted by atomic mass is 16.3. The van der Waals surface area contributed by atoms with Crippen LogP contribution < -0.4 is 0 Å². The zero-order valence-electron chi connectivity index (χ0n) is 28.6. The molecule has 10 rings (SSSR count). The zero-order valence-corrected chi connectivity index (χ0v) is 28.6. The van der Waals surface area contributed by atoms with E-state index in [1.807, 2.05) is 48.5 Å². The predicted octanol–water partition coefficient (Wildman–Crippen LogP) is 12.9. The van der Waals surface area contributed by atoms with Crippen LogP contribution in [0.3, 0.4) is 0 Å². The number of hydrogen-bond acceptors (Lipinski definition) is 4. The summed E-state index contributed by atoms with van der Waals surface area (Å²) in [5.41, 5.74) is 11.2. The van der Waals surface area contributed by atoms with E-state index >= 15 is 0 Å². The molecule has 0 saturated carbocycles. The highest BCUT2D eigenvalue weighted by Crippen LogP contribution is 2.42. The second kappa shape index (κ2) is 12.9. The van der Waals surface area contributed by atoms with Gasteiger partial charge in [-0.3, -0.25) is 0 Å². The lowest BCUT2D eigenvalue weighted by Gasteiger charge is -2.11. The summed E-state index contributed by atoms with van der Waals surface area (Å²) in [6.45, 7) is 0. The van der Waals surface area contributed by atoms with E-state index in [0.29, 0.717) is 17.5 Å². The average molecular weight is 678 g/mol. The van der Waals surface area contributed by atoms with E-state index in [1.165, 1.54) is 16.3 Å². The summed E-state index contributed by atoms with van der Waals surface area (Å²) in [6.07, 6.45) is 0. The topological polar surface area (TPSA) is 51.8 Å². The van der Waals surface area contributed by atoms with E-state index in [2.05, 4.69) is 140 Å². The summed E-state index contributed by atoms with van der Waals surface area (Å²) in [5.74, 6) is 1.88. The molecule has 0 spiro atoms. The van der Waals surface area contributed by atoms with Crippen molar-refractivity contribution in [1.29, 1.82) is 0 Å². The van der Waals surface area contributed by atoms with E-state index in [-0.39, 0.29) is 0 Å².